The molecule has 2 aromatic carbocycles. The lowest BCUT2D eigenvalue weighted by Crippen LogP contribution is -2.29. The Kier molecular flexibility index (Phi) is 3.74. The van der Waals surface area contributed by atoms with E-state index in [2.05, 4.69) is 15.0 Å². The summed E-state index contributed by atoms with van der Waals surface area (Å²) in [4.78, 5) is 39.8. The van der Waals surface area contributed by atoms with Gasteiger partial charge >= 0.3 is 0 Å². The van der Waals surface area contributed by atoms with E-state index in [1.807, 2.05) is 38.1 Å². The normalized spacial score (nSPS) is 13.9. The van der Waals surface area contributed by atoms with Crippen LogP contribution in [0.5, 0.6) is 0 Å². The number of benzene rings is 2. The first-order valence-electron chi connectivity index (χ1n) is 9.37. The molecule has 0 radical (unpaired) electrons. The summed E-state index contributed by atoms with van der Waals surface area (Å²) in [5, 5.41) is 0.356. The first kappa shape index (κ1) is 17.5. The number of aromatic nitrogens is 3. The van der Waals surface area contributed by atoms with Gasteiger partial charge in [-0.05, 0) is 36.2 Å². The first-order valence-corrected chi connectivity index (χ1v) is 9.37. The van der Waals surface area contributed by atoms with Gasteiger partial charge < -0.3 is 4.98 Å². The van der Waals surface area contributed by atoms with Crippen molar-refractivity contribution in [1.82, 2.24) is 19.9 Å². The topological polar surface area (TPSA) is 79.0 Å². The Labute approximate surface area is 165 Å². The summed E-state index contributed by atoms with van der Waals surface area (Å²) in [5.41, 5.74) is 3.12. The van der Waals surface area contributed by atoms with Gasteiger partial charge in [-0.3, -0.25) is 19.5 Å². The molecule has 5 rings (SSSR count). The van der Waals surface area contributed by atoms with E-state index >= 15 is 0 Å². The highest BCUT2D eigenvalue weighted by atomic mass is 19.1. The SMILES string of the molecule is CC(C)c1nc2ccc(F)cc2c2c1C(=O)N(Cc1nc3ccccc3[nH]1)C2=O. The number of halogens is 1. The Morgan fingerprint density at radius 1 is 1.00 bits per heavy atom. The maximum absolute atomic E-state index is 13.9. The van der Waals surface area contributed by atoms with Crippen LogP contribution in [0.15, 0.2) is 42.5 Å². The molecule has 1 N–H and O–H groups in total. The van der Waals surface area contributed by atoms with Crippen LogP contribution in [-0.4, -0.2) is 31.7 Å². The number of carbonyl (C=O) groups is 2. The molecule has 1 aliphatic rings. The summed E-state index contributed by atoms with van der Waals surface area (Å²) in [7, 11) is 0. The maximum atomic E-state index is 13.9. The lowest BCUT2D eigenvalue weighted by atomic mass is 9.97. The lowest BCUT2D eigenvalue weighted by molar-refractivity contribution is 0.0639. The van der Waals surface area contributed by atoms with Crippen molar-refractivity contribution >= 4 is 33.8 Å². The van der Waals surface area contributed by atoms with E-state index in [1.165, 1.54) is 18.2 Å². The molecule has 3 heterocycles. The Balaban J connectivity index is 1.65. The second kappa shape index (κ2) is 6.20. The van der Waals surface area contributed by atoms with Gasteiger partial charge in [0.25, 0.3) is 11.8 Å². The van der Waals surface area contributed by atoms with Gasteiger partial charge in [-0.1, -0.05) is 26.0 Å². The number of aromatic amines is 1. The second-order valence-electron chi connectivity index (χ2n) is 7.46. The number of imide groups is 1. The fourth-order valence-electron chi connectivity index (χ4n) is 3.85. The van der Waals surface area contributed by atoms with Crippen LogP contribution in [0.3, 0.4) is 0 Å². The summed E-state index contributed by atoms with van der Waals surface area (Å²) in [5.74, 6) is -0.913. The van der Waals surface area contributed by atoms with Gasteiger partial charge in [-0.15, -0.1) is 0 Å². The summed E-state index contributed by atoms with van der Waals surface area (Å²) in [6.45, 7) is 3.84. The molecule has 0 aliphatic carbocycles. The number of carbonyl (C=O) groups excluding carboxylic acids is 2. The second-order valence-corrected chi connectivity index (χ2v) is 7.46. The molecule has 7 heteroatoms. The summed E-state index contributed by atoms with van der Waals surface area (Å²) < 4.78 is 13.9. The van der Waals surface area contributed by atoms with Gasteiger partial charge in [0.15, 0.2) is 0 Å². The van der Waals surface area contributed by atoms with Gasteiger partial charge in [-0.2, -0.15) is 0 Å². The number of para-hydroxylation sites is 2. The molecule has 0 spiro atoms. The molecule has 29 heavy (non-hydrogen) atoms. The fraction of sp³-hybridized carbons (Fsp3) is 0.182. The molecule has 0 saturated heterocycles. The Bertz CT molecular complexity index is 1290. The molecule has 0 atom stereocenters. The van der Waals surface area contributed by atoms with Gasteiger partial charge in [0.1, 0.15) is 11.6 Å². The van der Waals surface area contributed by atoms with Crippen LogP contribution in [0.1, 0.15) is 52.0 Å². The van der Waals surface area contributed by atoms with Crippen LogP contribution >= 0.6 is 0 Å². The number of nitrogens with one attached hydrogen (secondary N) is 1. The van der Waals surface area contributed by atoms with Gasteiger partial charge in [0.2, 0.25) is 0 Å². The Morgan fingerprint density at radius 2 is 1.76 bits per heavy atom. The minimum Gasteiger partial charge on any atom is -0.340 e. The predicted octanol–water partition coefficient (Wildman–Crippen LogP) is 4.17. The number of imidazole rings is 1. The fourth-order valence-corrected chi connectivity index (χ4v) is 3.85. The largest absolute Gasteiger partial charge is 0.340 e. The maximum Gasteiger partial charge on any atom is 0.263 e. The van der Waals surface area contributed by atoms with E-state index in [0.29, 0.717) is 22.4 Å². The van der Waals surface area contributed by atoms with Crippen molar-refractivity contribution in [1.29, 1.82) is 0 Å². The smallest absolute Gasteiger partial charge is 0.263 e. The van der Waals surface area contributed by atoms with Crippen LogP contribution in [-0.2, 0) is 6.54 Å². The molecule has 0 unspecified atom stereocenters. The zero-order valence-electron chi connectivity index (χ0n) is 15.9. The monoisotopic (exact) mass is 388 g/mol. The third kappa shape index (κ3) is 2.61. The van der Waals surface area contributed by atoms with Crippen molar-refractivity contribution in [2.45, 2.75) is 26.3 Å². The average Bonchev–Trinajstić information content (AvgIpc) is 3.21. The number of hydrogen-bond acceptors (Lipinski definition) is 4. The van der Waals surface area contributed by atoms with Crippen LogP contribution in [0.2, 0.25) is 0 Å². The number of fused-ring (bicyclic) bond motifs is 4. The number of H-pyrrole nitrogens is 1. The number of hydrogen-bond donors (Lipinski definition) is 1. The highest BCUT2D eigenvalue weighted by Gasteiger charge is 2.40. The molecule has 1 aliphatic heterocycles. The van der Waals surface area contributed by atoms with Crippen LogP contribution in [0.25, 0.3) is 21.9 Å². The van der Waals surface area contributed by atoms with Gasteiger partial charge in [0.05, 0.1) is 39.9 Å². The number of pyridine rings is 1. The van der Waals surface area contributed by atoms with Crippen LogP contribution in [0.4, 0.5) is 4.39 Å². The molecule has 4 aromatic rings. The Morgan fingerprint density at radius 3 is 2.52 bits per heavy atom. The quantitative estimate of drug-likeness (QED) is 0.534. The molecule has 0 fully saturated rings. The van der Waals surface area contributed by atoms with Crippen molar-refractivity contribution in [2.75, 3.05) is 0 Å². The summed E-state index contributed by atoms with van der Waals surface area (Å²) in [6, 6.07) is 11.6. The van der Waals surface area contributed by atoms with E-state index in [9.17, 15) is 14.0 Å². The van der Waals surface area contributed by atoms with Crippen LogP contribution in [0, 0.1) is 5.82 Å². The number of amides is 2. The zero-order chi connectivity index (χ0) is 20.3. The highest BCUT2D eigenvalue weighted by molar-refractivity contribution is 6.26. The molecule has 2 aromatic heterocycles. The van der Waals surface area contributed by atoms with E-state index in [4.69, 9.17) is 0 Å². The van der Waals surface area contributed by atoms with Crippen molar-refractivity contribution in [3.8, 4) is 0 Å². The molecular weight excluding hydrogens is 371 g/mol. The molecule has 144 valence electrons. The summed E-state index contributed by atoms with van der Waals surface area (Å²) in [6.07, 6.45) is 0. The van der Waals surface area contributed by atoms with Gasteiger partial charge in [-0.25, -0.2) is 9.37 Å². The summed E-state index contributed by atoms with van der Waals surface area (Å²) >= 11 is 0. The molecule has 0 saturated carbocycles. The minimum atomic E-state index is -0.477. The van der Waals surface area contributed by atoms with E-state index in [-0.39, 0.29) is 23.6 Å². The lowest BCUT2D eigenvalue weighted by Gasteiger charge is -2.12. The highest BCUT2D eigenvalue weighted by Crippen LogP contribution is 2.35. The molecule has 0 bridgehead atoms. The van der Waals surface area contributed by atoms with E-state index in [0.717, 1.165) is 15.9 Å². The third-order valence-corrected chi connectivity index (χ3v) is 5.19. The van der Waals surface area contributed by atoms with Gasteiger partial charge in [0, 0.05) is 5.39 Å². The van der Waals surface area contributed by atoms with Crippen molar-refractivity contribution in [3.63, 3.8) is 0 Å². The number of nitrogens with zero attached hydrogens (tertiary/aromatic N) is 3. The minimum absolute atomic E-state index is 0.00930. The molecular formula is C22H17FN4O2. The van der Waals surface area contributed by atoms with E-state index in [1.54, 1.807) is 0 Å². The first-order chi connectivity index (χ1) is 13.9. The van der Waals surface area contributed by atoms with Crippen molar-refractivity contribution in [3.05, 3.63) is 70.9 Å². The molecule has 2 amide bonds. The predicted molar refractivity (Wildman–Crippen MR) is 106 cm³/mol. The standard InChI is InChI=1S/C22H17FN4O2/c1-11(2)20-19-18(13-9-12(23)7-8-14(13)26-20)21(28)27(22(19)29)10-17-24-15-5-3-4-6-16(15)25-17/h3-9,11H,10H2,1-2H3,(H,24,25). The van der Waals surface area contributed by atoms with Crippen molar-refractivity contribution < 1.29 is 14.0 Å². The zero-order valence-corrected chi connectivity index (χ0v) is 15.9. The number of rotatable bonds is 3. The Hall–Kier alpha value is -3.61. The van der Waals surface area contributed by atoms with E-state index < -0.39 is 17.6 Å². The third-order valence-electron chi connectivity index (χ3n) is 5.19. The average molecular weight is 388 g/mol. The molecule has 6 nitrogen and oxygen atoms in total. The van der Waals surface area contributed by atoms with Crippen molar-refractivity contribution in [2.24, 2.45) is 0 Å². The van der Waals surface area contributed by atoms with Crippen LogP contribution < -0.4 is 0 Å².